The van der Waals surface area contributed by atoms with Crippen LogP contribution in [0.4, 0.5) is 0 Å². The van der Waals surface area contributed by atoms with Crippen LogP contribution in [0.15, 0.2) is 53.4 Å². The third-order valence-corrected chi connectivity index (χ3v) is 8.64. The highest BCUT2D eigenvalue weighted by atomic mass is 32.2. The van der Waals surface area contributed by atoms with E-state index in [2.05, 4.69) is 18.7 Å². The van der Waals surface area contributed by atoms with Gasteiger partial charge in [-0.3, -0.25) is 4.90 Å². The van der Waals surface area contributed by atoms with Crippen LogP contribution in [0.1, 0.15) is 35.8 Å². The van der Waals surface area contributed by atoms with Gasteiger partial charge in [0.1, 0.15) is 5.25 Å². The first-order chi connectivity index (χ1) is 13.3. The van der Waals surface area contributed by atoms with Crippen molar-refractivity contribution in [3.8, 4) is 0 Å². The molecule has 0 aromatic heterocycles. The van der Waals surface area contributed by atoms with Crippen molar-refractivity contribution >= 4 is 21.6 Å². The van der Waals surface area contributed by atoms with Gasteiger partial charge in [-0.15, -0.1) is 0 Å². The summed E-state index contributed by atoms with van der Waals surface area (Å²) in [5.74, 6) is 2.36. The molecule has 0 bridgehead atoms. The van der Waals surface area contributed by atoms with Gasteiger partial charge in [-0.1, -0.05) is 61.4 Å². The molecule has 0 N–H and O–H groups in total. The lowest BCUT2D eigenvalue weighted by Crippen LogP contribution is -2.49. The van der Waals surface area contributed by atoms with E-state index >= 15 is 0 Å². The quantitative estimate of drug-likeness (QED) is 0.670. The normalized spacial score (nSPS) is 18.2. The zero-order valence-electron chi connectivity index (χ0n) is 17.3. The number of sulfone groups is 1. The number of nitrogens with zero attached hydrogens (tertiary/aromatic N) is 1. The van der Waals surface area contributed by atoms with Crippen molar-refractivity contribution in [1.29, 1.82) is 0 Å². The van der Waals surface area contributed by atoms with Crippen LogP contribution >= 0.6 is 11.8 Å². The Hall–Kier alpha value is -1.30. The van der Waals surface area contributed by atoms with E-state index in [1.54, 1.807) is 12.1 Å². The highest BCUT2D eigenvalue weighted by molar-refractivity contribution is 7.99. The van der Waals surface area contributed by atoms with Crippen LogP contribution in [-0.4, -0.2) is 44.0 Å². The molecule has 2 aromatic rings. The molecule has 3 nitrogen and oxygen atoms in total. The molecule has 0 saturated carbocycles. The number of thioether (sulfide) groups is 1. The Bertz CT molecular complexity index is 868. The molecular formula is C23H31NO2S2. The molecule has 3 rings (SSSR count). The summed E-state index contributed by atoms with van der Waals surface area (Å²) < 4.78 is 27.8. The van der Waals surface area contributed by atoms with Gasteiger partial charge in [0, 0.05) is 30.6 Å². The van der Waals surface area contributed by atoms with Gasteiger partial charge < -0.3 is 0 Å². The van der Waals surface area contributed by atoms with E-state index in [1.165, 1.54) is 0 Å². The Morgan fingerprint density at radius 3 is 1.86 bits per heavy atom. The molecular weight excluding hydrogens is 386 g/mol. The third-order valence-electron chi connectivity index (χ3n) is 5.55. The average Bonchev–Trinajstić information content (AvgIpc) is 2.67. The summed E-state index contributed by atoms with van der Waals surface area (Å²) >= 11 is 1.95. The van der Waals surface area contributed by atoms with Gasteiger partial charge in [-0.05, 0) is 37.5 Å². The SMILES string of the molecule is Cc1ccc(C(C(C(C)C)N2CCSCC2)S(=O)(=O)c2ccc(C)cc2)cc1. The van der Waals surface area contributed by atoms with E-state index in [9.17, 15) is 8.42 Å². The highest BCUT2D eigenvalue weighted by Crippen LogP contribution is 2.38. The first-order valence-electron chi connectivity index (χ1n) is 9.99. The van der Waals surface area contributed by atoms with Crippen molar-refractivity contribution in [3.05, 3.63) is 65.2 Å². The maximum atomic E-state index is 13.9. The lowest BCUT2D eigenvalue weighted by atomic mass is 9.93. The fraction of sp³-hybridized carbons (Fsp3) is 0.478. The molecule has 28 heavy (non-hydrogen) atoms. The zero-order valence-corrected chi connectivity index (χ0v) is 18.9. The largest absolute Gasteiger partial charge is 0.297 e. The summed E-state index contributed by atoms with van der Waals surface area (Å²) in [6.07, 6.45) is 0. The molecule has 0 spiro atoms. The van der Waals surface area contributed by atoms with Gasteiger partial charge in [0.2, 0.25) is 0 Å². The maximum absolute atomic E-state index is 13.9. The van der Waals surface area contributed by atoms with E-state index in [-0.39, 0.29) is 12.0 Å². The van der Waals surface area contributed by atoms with Crippen molar-refractivity contribution in [2.75, 3.05) is 24.6 Å². The standard InChI is InChI=1S/C23H31NO2S2/c1-17(2)22(24-13-15-27-16-14-24)23(20-9-5-18(3)6-10-20)28(25,26)21-11-7-19(4)8-12-21/h5-12,17,22-23H,13-16H2,1-4H3. The number of aryl methyl sites for hydroxylation is 2. The fourth-order valence-electron chi connectivity index (χ4n) is 4.03. The van der Waals surface area contributed by atoms with Gasteiger partial charge in [-0.2, -0.15) is 11.8 Å². The molecule has 1 saturated heterocycles. The molecule has 2 unspecified atom stereocenters. The van der Waals surface area contributed by atoms with Crippen LogP contribution < -0.4 is 0 Å². The van der Waals surface area contributed by atoms with E-state index in [0.717, 1.165) is 41.3 Å². The molecule has 2 aromatic carbocycles. The van der Waals surface area contributed by atoms with Crippen LogP contribution in [-0.2, 0) is 9.84 Å². The second-order valence-corrected chi connectivity index (χ2v) is 11.4. The van der Waals surface area contributed by atoms with Gasteiger partial charge in [0.15, 0.2) is 9.84 Å². The molecule has 0 aliphatic carbocycles. The number of hydrogen-bond donors (Lipinski definition) is 0. The highest BCUT2D eigenvalue weighted by Gasteiger charge is 2.41. The Labute approximate surface area is 174 Å². The second-order valence-electron chi connectivity index (χ2n) is 8.07. The van der Waals surface area contributed by atoms with Crippen molar-refractivity contribution in [3.63, 3.8) is 0 Å². The van der Waals surface area contributed by atoms with Crippen LogP contribution in [0, 0.1) is 19.8 Å². The van der Waals surface area contributed by atoms with Crippen LogP contribution in [0.2, 0.25) is 0 Å². The molecule has 5 heteroatoms. The summed E-state index contributed by atoms with van der Waals surface area (Å²) in [4.78, 5) is 2.82. The van der Waals surface area contributed by atoms with Gasteiger partial charge in [0.25, 0.3) is 0 Å². The summed E-state index contributed by atoms with van der Waals surface area (Å²) in [7, 11) is -3.53. The monoisotopic (exact) mass is 417 g/mol. The minimum absolute atomic E-state index is 0.0464. The molecule has 1 heterocycles. The molecule has 1 aliphatic rings. The van der Waals surface area contributed by atoms with Crippen molar-refractivity contribution in [1.82, 2.24) is 4.90 Å². The lowest BCUT2D eigenvalue weighted by Gasteiger charge is -2.41. The van der Waals surface area contributed by atoms with E-state index < -0.39 is 15.1 Å². The first kappa shape index (κ1) is 21.4. The Morgan fingerprint density at radius 1 is 0.857 bits per heavy atom. The predicted octanol–water partition coefficient (Wildman–Crippen LogP) is 4.89. The molecule has 1 fully saturated rings. The number of benzene rings is 2. The summed E-state index contributed by atoms with van der Waals surface area (Å²) in [5, 5.41) is -0.570. The van der Waals surface area contributed by atoms with Crippen LogP contribution in [0.25, 0.3) is 0 Å². The van der Waals surface area contributed by atoms with Gasteiger partial charge in [-0.25, -0.2) is 8.42 Å². The minimum atomic E-state index is -3.53. The van der Waals surface area contributed by atoms with E-state index in [1.807, 2.05) is 62.0 Å². The zero-order chi connectivity index (χ0) is 20.3. The van der Waals surface area contributed by atoms with E-state index in [0.29, 0.717) is 4.90 Å². The van der Waals surface area contributed by atoms with Crippen molar-refractivity contribution < 1.29 is 8.42 Å². The summed E-state index contributed by atoms with van der Waals surface area (Å²) in [6.45, 7) is 10.2. The van der Waals surface area contributed by atoms with Crippen molar-refractivity contribution in [2.24, 2.45) is 5.92 Å². The Morgan fingerprint density at radius 2 is 1.36 bits per heavy atom. The van der Waals surface area contributed by atoms with Gasteiger partial charge in [0.05, 0.1) is 4.90 Å². The third kappa shape index (κ3) is 4.64. The molecule has 1 aliphatic heterocycles. The maximum Gasteiger partial charge on any atom is 0.186 e. The Balaban J connectivity index is 2.12. The van der Waals surface area contributed by atoms with Gasteiger partial charge >= 0.3 is 0 Å². The summed E-state index contributed by atoms with van der Waals surface area (Å²) in [5.41, 5.74) is 3.10. The molecule has 0 radical (unpaired) electrons. The smallest absolute Gasteiger partial charge is 0.186 e. The van der Waals surface area contributed by atoms with Crippen molar-refractivity contribution in [2.45, 2.75) is 43.9 Å². The van der Waals surface area contributed by atoms with Crippen LogP contribution in [0.5, 0.6) is 0 Å². The topological polar surface area (TPSA) is 37.4 Å². The van der Waals surface area contributed by atoms with Crippen LogP contribution in [0.3, 0.4) is 0 Å². The lowest BCUT2D eigenvalue weighted by molar-refractivity contribution is 0.163. The molecule has 152 valence electrons. The molecule has 2 atom stereocenters. The first-order valence-corrected chi connectivity index (χ1v) is 12.7. The second kappa shape index (κ2) is 9.02. The average molecular weight is 418 g/mol. The predicted molar refractivity (Wildman–Crippen MR) is 120 cm³/mol. The minimum Gasteiger partial charge on any atom is -0.297 e. The number of rotatable bonds is 6. The van der Waals surface area contributed by atoms with E-state index in [4.69, 9.17) is 0 Å². The molecule has 0 amide bonds. The number of hydrogen-bond acceptors (Lipinski definition) is 4. The Kier molecular flexibility index (Phi) is 6.89. The fourth-order valence-corrected chi connectivity index (χ4v) is 7.14. The summed E-state index contributed by atoms with van der Waals surface area (Å²) in [6, 6.07) is 15.3.